The highest BCUT2D eigenvalue weighted by molar-refractivity contribution is 6.14. The van der Waals surface area contributed by atoms with Crippen molar-refractivity contribution in [3.8, 4) is 22.6 Å². The molecule has 208 valence electrons. The van der Waals surface area contributed by atoms with Crippen LogP contribution in [0.3, 0.4) is 0 Å². The molecule has 1 N–H and O–H groups in total. The number of aromatic hydroxyl groups is 1. The largest absolute Gasteiger partial charge is 0.507 e. The lowest BCUT2D eigenvalue weighted by atomic mass is 9.75. The van der Waals surface area contributed by atoms with Crippen molar-refractivity contribution >= 4 is 33.3 Å². The molecule has 0 fully saturated rings. The maximum absolute atomic E-state index is 13.4. The van der Waals surface area contributed by atoms with Crippen molar-refractivity contribution in [2.24, 2.45) is 10.8 Å². The molecule has 0 aliphatic carbocycles. The number of phenols is 1. The standard InChI is InChI=1S/C34H36O6/c1-32(2,3)31(37)33(4,5)19-38-30(36)24-14-10-13-23-22(24)15-16-26(35)29(23)28-21-12-9-8-11-20(21)17-27-25(28)18-39-34(6,7)40-27/h8-17,35H,18-19H2,1-7H3. The van der Waals surface area contributed by atoms with Gasteiger partial charge in [-0.25, -0.2) is 4.79 Å². The van der Waals surface area contributed by atoms with Crippen LogP contribution in [0.4, 0.5) is 0 Å². The van der Waals surface area contributed by atoms with E-state index >= 15 is 0 Å². The summed E-state index contributed by atoms with van der Waals surface area (Å²) in [4.78, 5) is 26.3. The number of fused-ring (bicyclic) bond motifs is 3. The van der Waals surface area contributed by atoms with Crippen LogP contribution in [-0.4, -0.2) is 29.3 Å². The van der Waals surface area contributed by atoms with Gasteiger partial charge in [-0.05, 0) is 59.7 Å². The summed E-state index contributed by atoms with van der Waals surface area (Å²) < 4.78 is 17.9. The van der Waals surface area contributed by atoms with Gasteiger partial charge in [0.1, 0.15) is 23.9 Å². The fraction of sp³-hybridized carbons (Fsp3) is 0.353. The Labute approximate surface area is 234 Å². The lowest BCUT2D eigenvalue weighted by Gasteiger charge is -2.34. The van der Waals surface area contributed by atoms with Gasteiger partial charge in [0.15, 0.2) is 0 Å². The van der Waals surface area contributed by atoms with Crippen LogP contribution >= 0.6 is 0 Å². The molecule has 5 rings (SSSR count). The third-order valence-corrected chi connectivity index (χ3v) is 7.41. The predicted molar refractivity (Wildman–Crippen MR) is 157 cm³/mol. The molecule has 0 amide bonds. The van der Waals surface area contributed by atoms with Crippen LogP contribution in [-0.2, 0) is 20.9 Å². The number of carbonyl (C=O) groups is 2. The third kappa shape index (κ3) is 4.92. The summed E-state index contributed by atoms with van der Waals surface area (Å²) in [5.41, 5.74) is 1.20. The Morgan fingerprint density at radius 1 is 0.900 bits per heavy atom. The van der Waals surface area contributed by atoms with E-state index in [9.17, 15) is 14.7 Å². The van der Waals surface area contributed by atoms with Crippen molar-refractivity contribution < 1.29 is 28.9 Å². The molecule has 0 unspecified atom stereocenters. The SMILES string of the molecule is CC1(C)OCc2c(cc3ccccc3c2-c2c(O)ccc3c(C(=O)OCC(C)(C)C(=O)C(C)(C)C)cccc23)O1. The molecule has 4 aromatic carbocycles. The van der Waals surface area contributed by atoms with Gasteiger partial charge in [-0.3, -0.25) is 4.79 Å². The van der Waals surface area contributed by atoms with E-state index in [0.29, 0.717) is 34.3 Å². The van der Waals surface area contributed by atoms with Crippen LogP contribution in [0.15, 0.2) is 60.7 Å². The van der Waals surface area contributed by atoms with Crippen LogP contribution in [0, 0.1) is 10.8 Å². The van der Waals surface area contributed by atoms with E-state index in [0.717, 1.165) is 21.9 Å². The number of phenolic OH excluding ortho intramolecular Hbond substituents is 1. The molecule has 1 aliphatic rings. The minimum atomic E-state index is -0.836. The molecule has 0 saturated carbocycles. The van der Waals surface area contributed by atoms with E-state index in [-0.39, 0.29) is 18.1 Å². The van der Waals surface area contributed by atoms with E-state index in [1.54, 1.807) is 38.1 Å². The quantitative estimate of drug-likeness (QED) is 0.260. The molecule has 0 radical (unpaired) electrons. The zero-order valence-corrected chi connectivity index (χ0v) is 24.2. The van der Waals surface area contributed by atoms with E-state index in [1.165, 1.54) is 0 Å². The first-order valence-electron chi connectivity index (χ1n) is 13.5. The maximum Gasteiger partial charge on any atom is 0.338 e. The second-order valence-corrected chi connectivity index (χ2v) is 12.6. The average Bonchev–Trinajstić information content (AvgIpc) is 2.89. The van der Waals surface area contributed by atoms with Gasteiger partial charge in [0.05, 0.1) is 17.6 Å². The van der Waals surface area contributed by atoms with Gasteiger partial charge < -0.3 is 19.3 Å². The molecule has 0 bridgehead atoms. The first-order chi connectivity index (χ1) is 18.7. The lowest BCUT2D eigenvalue weighted by molar-refractivity contribution is -0.179. The second-order valence-electron chi connectivity index (χ2n) is 12.6. The average molecular weight is 541 g/mol. The molecular weight excluding hydrogens is 504 g/mol. The van der Waals surface area contributed by atoms with Gasteiger partial charge in [-0.15, -0.1) is 0 Å². The van der Waals surface area contributed by atoms with Gasteiger partial charge in [0, 0.05) is 36.0 Å². The summed E-state index contributed by atoms with van der Waals surface area (Å²) in [6.45, 7) is 13.2. The zero-order valence-electron chi connectivity index (χ0n) is 24.2. The Balaban J connectivity index is 1.64. The van der Waals surface area contributed by atoms with Crippen LogP contribution in [0.5, 0.6) is 11.5 Å². The molecule has 4 aromatic rings. The highest BCUT2D eigenvalue weighted by Crippen LogP contribution is 2.48. The van der Waals surface area contributed by atoms with Crippen molar-refractivity contribution in [2.45, 2.75) is 60.9 Å². The molecular formula is C34H36O6. The fourth-order valence-corrected chi connectivity index (χ4v) is 5.62. The maximum atomic E-state index is 13.4. The first kappa shape index (κ1) is 27.7. The summed E-state index contributed by atoms with van der Waals surface area (Å²) in [7, 11) is 0. The highest BCUT2D eigenvalue weighted by Gasteiger charge is 2.37. The smallest absolute Gasteiger partial charge is 0.338 e. The molecule has 40 heavy (non-hydrogen) atoms. The minimum Gasteiger partial charge on any atom is -0.507 e. The lowest BCUT2D eigenvalue weighted by Crippen LogP contribution is -2.38. The Kier molecular flexibility index (Phi) is 6.66. The van der Waals surface area contributed by atoms with Crippen LogP contribution < -0.4 is 4.74 Å². The number of rotatable bonds is 5. The monoisotopic (exact) mass is 540 g/mol. The summed E-state index contributed by atoms with van der Waals surface area (Å²) in [6, 6.07) is 18.6. The van der Waals surface area contributed by atoms with Crippen molar-refractivity contribution in [2.75, 3.05) is 6.61 Å². The molecule has 0 atom stereocenters. The molecule has 0 aromatic heterocycles. The van der Waals surface area contributed by atoms with Crippen LogP contribution in [0.1, 0.15) is 64.4 Å². The fourth-order valence-electron chi connectivity index (χ4n) is 5.62. The molecule has 0 saturated heterocycles. The number of ether oxygens (including phenoxy) is 3. The third-order valence-electron chi connectivity index (χ3n) is 7.41. The van der Waals surface area contributed by atoms with Crippen molar-refractivity contribution in [1.29, 1.82) is 0 Å². The summed E-state index contributed by atoms with van der Waals surface area (Å²) in [5, 5.41) is 14.5. The number of carbonyl (C=O) groups excluding carboxylic acids is 2. The van der Waals surface area contributed by atoms with Gasteiger partial charge in [-0.2, -0.15) is 0 Å². The van der Waals surface area contributed by atoms with Crippen LogP contribution in [0.2, 0.25) is 0 Å². The van der Waals surface area contributed by atoms with Crippen molar-refractivity contribution in [3.63, 3.8) is 0 Å². The van der Waals surface area contributed by atoms with Crippen molar-refractivity contribution in [3.05, 3.63) is 71.8 Å². The molecule has 0 spiro atoms. The highest BCUT2D eigenvalue weighted by atomic mass is 16.7. The van der Waals surface area contributed by atoms with E-state index < -0.39 is 22.6 Å². The molecule has 1 heterocycles. The number of hydrogen-bond donors (Lipinski definition) is 1. The summed E-state index contributed by atoms with van der Waals surface area (Å²) in [6.07, 6.45) is 0. The molecule has 6 nitrogen and oxygen atoms in total. The van der Waals surface area contributed by atoms with E-state index in [1.807, 2.05) is 71.0 Å². The first-order valence-corrected chi connectivity index (χ1v) is 13.5. The number of ketones is 1. The van der Waals surface area contributed by atoms with Gasteiger partial charge in [0.2, 0.25) is 5.79 Å². The van der Waals surface area contributed by atoms with E-state index in [2.05, 4.69) is 0 Å². The number of benzene rings is 4. The Hall–Kier alpha value is -3.90. The summed E-state index contributed by atoms with van der Waals surface area (Å²) >= 11 is 0. The van der Waals surface area contributed by atoms with E-state index in [4.69, 9.17) is 14.2 Å². The van der Waals surface area contributed by atoms with Gasteiger partial charge in [-0.1, -0.05) is 57.2 Å². The Bertz CT molecular complexity index is 1660. The predicted octanol–water partition coefficient (Wildman–Crippen LogP) is 7.81. The van der Waals surface area contributed by atoms with Gasteiger partial charge in [0.25, 0.3) is 0 Å². The zero-order chi connectivity index (χ0) is 29.0. The molecule has 6 heteroatoms. The number of Topliss-reactive ketones (excluding diaryl/α,β-unsaturated/α-hetero) is 1. The second kappa shape index (κ2) is 9.63. The number of esters is 1. The molecule has 1 aliphatic heterocycles. The Morgan fingerprint density at radius 2 is 1.60 bits per heavy atom. The number of hydrogen-bond acceptors (Lipinski definition) is 6. The Morgan fingerprint density at radius 3 is 2.33 bits per heavy atom. The summed E-state index contributed by atoms with van der Waals surface area (Å²) in [5.74, 6) is -0.510. The topological polar surface area (TPSA) is 82.1 Å². The van der Waals surface area contributed by atoms with Gasteiger partial charge >= 0.3 is 5.97 Å². The van der Waals surface area contributed by atoms with Crippen LogP contribution in [0.25, 0.3) is 32.7 Å². The minimum absolute atomic E-state index is 0.0197. The normalized spacial score (nSPS) is 15.0. The van der Waals surface area contributed by atoms with Crippen molar-refractivity contribution in [1.82, 2.24) is 0 Å².